The second kappa shape index (κ2) is 7.55. The number of hydrogen-bond acceptors (Lipinski definition) is 6. The van der Waals surface area contributed by atoms with Gasteiger partial charge in [-0.2, -0.15) is 9.61 Å². The lowest BCUT2D eigenvalue weighted by Crippen LogP contribution is -2.17. The second-order valence-electron chi connectivity index (χ2n) is 6.24. The number of nitrogens with one attached hydrogen (secondary N) is 1. The van der Waals surface area contributed by atoms with Gasteiger partial charge in [-0.05, 0) is 6.92 Å². The number of hydrogen-bond donors (Lipinski definition) is 1. The zero-order valence-electron chi connectivity index (χ0n) is 15.3. The highest BCUT2D eigenvalue weighted by Gasteiger charge is 2.16. The van der Waals surface area contributed by atoms with Crippen LogP contribution in [0.5, 0.6) is 0 Å². The van der Waals surface area contributed by atoms with Crippen molar-refractivity contribution < 1.29 is 4.74 Å². The van der Waals surface area contributed by atoms with Crippen molar-refractivity contribution in [1.29, 1.82) is 0 Å². The van der Waals surface area contributed by atoms with Crippen LogP contribution in [0.3, 0.4) is 0 Å². The molecule has 0 aliphatic rings. The highest BCUT2D eigenvalue weighted by Crippen LogP contribution is 2.24. The molecule has 3 heterocycles. The van der Waals surface area contributed by atoms with Crippen LogP contribution in [-0.4, -0.2) is 43.1 Å². The van der Waals surface area contributed by atoms with Gasteiger partial charge in [0.05, 0.1) is 24.5 Å². The molecule has 8 nitrogen and oxygen atoms in total. The Bertz CT molecular complexity index is 1020. The van der Waals surface area contributed by atoms with E-state index in [0.717, 1.165) is 28.5 Å². The standard InChI is InChI=1S/C19H21N7O/c1-14(19-24-20-13-25(19)10-11-27-2)22-18-12-16(15-6-4-3-5-7-15)23-17-8-9-21-26(17)18/h3-9,12-14,22H,10-11H2,1-2H3. The minimum Gasteiger partial charge on any atom is -0.383 e. The second-order valence-corrected chi connectivity index (χ2v) is 6.24. The molecule has 27 heavy (non-hydrogen) atoms. The summed E-state index contributed by atoms with van der Waals surface area (Å²) in [5, 5.41) is 16.2. The average Bonchev–Trinajstić information content (AvgIpc) is 3.36. The summed E-state index contributed by atoms with van der Waals surface area (Å²) in [4.78, 5) is 4.70. The molecule has 4 aromatic rings. The highest BCUT2D eigenvalue weighted by molar-refractivity contribution is 5.66. The van der Waals surface area contributed by atoms with Crippen LogP contribution >= 0.6 is 0 Å². The molecule has 0 bridgehead atoms. The van der Waals surface area contributed by atoms with Crippen molar-refractivity contribution in [2.45, 2.75) is 19.5 Å². The maximum absolute atomic E-state index is 5.16. The van der Waals surface area contributed by atoms with Gasteiger partial charge in [-0.1, -0.05) is 30.3 Å². The van der Waals surface area contributed by atoms with Gasteiger partial charge in [-0.3, -0.25) is 0 Å². The smallest absolute Gasteiger partial charge is 0.157 e. The van der Waals surface area contributed by atoms with E-state index in [1.54, 1.807) is 24.1 Å². The Morgan fingerprint density at radius 3 is 2.85 bits per heavy atom. The lowest BCUT2D eigenvalue weighted by Gasteiger charge is -2.17. The van der Waals surface area contributed by atoms with Gasteiger partial charge in [0.1, 0.15) is 12.1 Å². The zero-order chi connectivity index (χ0) is 18.6. The summed E-state index contributed by atoms with van der Waals surface area (Å²) >= 11 is 0. The van der Waals surface area contributed by atoms with E-state index in [2.05, 4.69) is 20.6 Å². The van der Waals surface area contributed by atoms with E-state index < -0.39 is 0 Å². The van der Waals surface area contributed by atoms with Crippen LogP contribution < -0.4 is 5.32 Å². The summed E-state index contributed by atoms with van der Waals surface area (Å²) in [7, 11) is 1.68. The predicted molar refractivity (Wildman–Crippen MR) is 102 cm³/mol. The van der Waals surface area contributed by atoms with Crippen LogP contribution in [0.25, 0.3) is 16.9 Å². The van der Waals surface area contributed by atoms with Crippen LogP contribution in [0.15, 0.2) is 55.0 Å². The first-order valence-corrected chi connectivity index (χ1v) is 8.79. The first kappa shape index (κ1) is 17.2. The number of aromatic nitrogens is 6. The van der Waals surface area contributed by atoms with Crippen molar-refractivity contribution in [3.63, 3.8) is 0 Å². The number of anilines is 1. The molecule has 0 aliphatic carbocycles. The van der Waals surface area contributed by atoms with Crippen LogP contribution in [0.2, 0.25) is 0 Å². The van der Waals surface area contributed by atoms with Crippen molar-refractivity contribution in [3.05, 3.63) is 60.8 Å². The van der Waals surface area contributed by atoms with Gasteiger partial charge in [0, 0.05) is 31.4 Å². The molecule has 0 saturated heterocycles. The molecule has 1 unspecified atom stereocenters. The fraction of sp³-hybridized carbons (Fsp3) is 0.263. The van der Waals surface area contributed by atoms with Crippen LogP contribution in [0, 0.1) is 0 Å². The van der Waals surface area contributed by atoms with Gasteiger partial charge < -0.3 is 14.6 Å². The summed E-state index contributed by atoms with van der Waals surface area (Å²) in [5.74, 6) is 1.68. The maximum Gasteiger partial charge on any atom is 0.157 e. The summed E-state index contributed by atoms with van der Waals surface area (Å²) in [5.41, 5.74) is 2.73. The monoisotopic (exact) mass is 363 g/mol. The number of benzene rings is 1. The van der Waals surface area contributed by atoms with E-state index in [1.807, 2.05) is 54.0 Å². The van der Waals surface area contributed by atoms with E-state index >= 15 is 0 Å². The molecular formula is C19H21N7O. The first-order valence-electron chi connectivity index (χ1n) is 8.79. The number of nitrogens with zero attached hydrogens (tertiary/aromatic N) is 6. The molecule has 0 amide bonds. The molecule has 4 rings (SSSR count). The van der Waals surface area contributed by atoms with Crippen molar-refractivity contribution >= 4 is 11.5 Å². The molecule has 0 spiro atoms. The predicted octanol–water partition coefficient (Wildman–Crippen LogP) is 2.81. The average molecular weight is 363 g/mol. The zero-order valence-corrected chi connectivity index (χ0v) is 15.3. The third-order valence-corrected chi connectivity index (χ3v) is 4.36. The summed E-state index contributed by atoms with van der Waals surface area (Å²) in [6, 6.07) is 13.9. The fourth-order valence-electron chi connectivity index (χ4n) is 3.02. The molecule has 3 aromatic heterocycles. The van der Waals surface area contributed by atoms with E-state index in [9.17, 15) is 0 Å². The third-order valence-electron chi connectivity index (χ3n) is 4.36. The molecule has 1 atom stereocenters. The molecule has 0 fully saturated rings. The van der Waals surface area contributed by atoms with E-state index in [0.29, 0.717) is 13.2 Å². The van der Waals surface area contributed by atoms with E-state index in [1.165, 1.54) is 0 Å². The molecule has 8 heteroatoms. The van der Waals surface area contributed by atoms with E-state index in [-0.39, 0.29) is 6.04 Å². The third kappa shape index (κ3) is 3.52. The summed E-state index contributed by atoms with van der Waals surface area (Å²) in [6.45, 7) is 3.35. The molecular weight excluding hydrogens is 342 g/mol. The highest BCUT2D eigenvalue weighted by atomic mass is 16.5. The van der Waals surface area contributed by atoms with Crippen molar-refractivity contribution in [3.8, 4) is 11.3 Å². The molecule has 1 aromatic carbocycles. The first-order chi connectivity index (χ1) is 13.3. The Morgan fingerprint density at radius 2 is 2.04 bits per heavy atom. The topological polar surface area (TPSA) is 82.2 Å². The van der Waals surface area contributed by atoms with Crippen molar-refractivity contribution in [2.75, 3.05) is 19.0 Å². The number of ether oxygens (including phenoxy) is 1. The van der Waals surface area contributed by atoms with Gasteiger partial charge in [-0.25, -0.2) is 4.98 Å². The van der Waals surface area contributed by atoms with Gasteiger partial charge >= 0.3 is 0 Å². The van der Waals surface area contributed by atoms with Gasteiger partial charge in [0.2, 0.25) is 0 Å². The molecule has 1 N–H and O–H groups in total. The lowest BCUT2D eigenvalue weighted by atomic mass is 10.1. The Labute approximate surface area is 156 Å². The fourth-order valence-corrected chi connectivity index (χ4v) is 3.02. The van der Waals surface area contributed by atoms with Crippen molar-refractivity contribution in [1.82, 2.24) is 29.4 Å². The van der Waals surface area contributed by atoms with Gasteiger partial charge in [0.25, 0.3) is 0 Å². The molecule has 0 saturated carbocycles. The molecule has 138 valence electrons. The van der Waals surface area contributed by atoms with Crippen LogP contribution in [0.1, 0.15) is 18.8 Å². The van der Waals surface area contributed by atoms with Crippen LogP contribution in [-0.2, 0) is 11.3 Å². The van der Waals surface area contributed by atoms with Crippen molar-refractivity contribution in [2.24, 2.45) is 0 Å². The SMILES string of the molecule is COCCn1cnnc1C(C)Nc1cc(-c2ccccc2)nc2ccnn12. The molecule has 0 radical (unpaired) electrons. The summed E-state index contributed by atoms with van der Waals surface area (Å²) in [6.07, 6.45) is 3.46. The van der Waals surface area contributed by atoms with E-state index in [4.69, 9.17) is 9.72 Å². The Morgan fingerprint density at radius 1 is 1.19 bits per heavy atom. The Balaban J connectivity index is 1.67. The Hall–Kier alpha value is -3.26. The number of rotatable bonds is 7. The quantitative estimate of drug-likeness (QED) is 0.544. The normalized spacial score (nSPS) is 12.4. The minimum absolute atomic E-state index is 0.0669. The number of fused-ring (bicyclic) bond motifs is 1. The minimum atomic E-state index is -0.0669. The van der Waals surface area contributed by atoms with Gasteiger partial charge in [-0.15, -0.1) is 10.2 Å². The summed E-state index contributed by atoms with van der Waals surface area (Å²) < 4.78 is 8.94. The molecule has 0 aliphatic heterocycles. The Kier molecular flexibility index (Phi) is 4.80. The van der Waals surface area contributed by atoms with Gasteiger partial charge in [0.15, 0.2) is 11.5 Å². The van der Waals surface area contributed by atoms with Crippen LogP contribution in [0.4, 0.5) is 5.82 Å². The largest absolute Gasteiger partial charge is 0.383 e. The lowest BCUT2D eigenvalue weighted by molar-refractivity contribution is 0.186. The number of methoxy groups -OCH3 is 1. The maximum atomic E-state index is 5.16.